The molecule has 0 aliphatic heterocycles. The fraction of sp³-hybridized carbons (Fsp3) is 0.673. The van der Waals surface area contributed by atoms with E-state index in [1.807, 2.05) is 0 Å². The monoisotopic (exact) mass is 846 g/mol. The van der Waals surface area contributed by atoms with Crippen LogP contribution in [0.4, 0.5) is 0 Å². The van der Waals surface area contributed by atoms with E-state index in [4.69, 9.17) is 24.3 Å². The number of esters is 2. The van der Waals surface area contributed by atoms with Gasteiger partial charge in [0, 0.05) is 19.4 Å². The van der Waals surface area contributed by atoms with E-state index in [-0.39, 0.29) is 32.6 Å². The van der Waals surface area contributed by atoms with Gasteiger partial charge < -0.3 is 20.1 Å². The van der Waals surface area contributed by atoms with E-state index in [0.29, 0.717) is 12.8 Å². The van der Waals surface area contributed by atoms with Crippen LogP contribution in [0, 0.1) is 0 Å². The molecule has 1 unspecified atom stereocenters. The molecule has 0 bridgehead atoms. The first kappa shape index (κ1) is 56.2. The second kappa shape index (κ2) is 44.7. The number of hydrogen-bond donors (Lipinski definition) is 2. The number of phosphoric acid groups is 1. The van der Waals surface area contributed by atoms with Gasteiger partial charge in [-0.2, -0.15) is 0 Å². The summed E-state index contributed by atoms with van der Waals surface area (Å²) in [6.45, 7) is 3.54. The molecule has 0 aromatic heterocycles. The summed E-state index contributed by atoms with van der Waals surface area (Å²) in [7, 11) is -4.39. The van der Waals surface area contributed by atoms with Gasteiger partial charge in [-0.05, 0) is 89.9 Å². The van der Waals surface area contributed by atoms with Crippen LogP contribution in [0.15, 0.2) is 85.1 Å². The highest BCUT2D eigenvalue weighted by Gasteiger charge is 2.26. The van der Waals surface area contributed by atoms with Crippen LogP contribution in [0.5, 0.6) is 0 Å². The van der Waals surface area contributed by atoms with E-state index in [1.54, 1.807) is 0 Å². The van der Waals surface area contributed by atoms with Crippen molar-refractivity contribution in [1.29, 1.82) is 0 Å². The molecule has 0 rings (SSSR count). The van der Waals surface area contributed by atoms with Crippen LogP contribution < -0.4 is 5.73 Å². The summed E-state index contributed by atoms with van der Waals surface area (Å²) in [6, 6.07) is 0. The van der Waals surface area contributed by atoms with Gasteiger partial charge in [0.25, 0.3) is 0 Å². The van der Waals surface area contributed by atoms with Gasteiger partial charge in [-0.15, -0.1) is 0 Å². The number of unbranched alkanes of at least 4 members (excludes halogenated alkanes) is 15. The Kier molecular flexibility index (Phi) is 42.6. The predicted molar refractivity (Wildman–Crippen MR) is 247 cm³/mol. The van der Waals surface area contributed by atoms with Crippen LogP contribution in [-0.4, -0.2) is 49.3 Å². The molecule has 3 N–H and O–H groups in total. The average molecular weight is 846 g/mol. The molecule has 2 atom stereocenters. The van der Waals surface area contributed by atoms with E-state index in [9.17, 15) is 19.0 Å². The van der Waals surface area contributed by atoms with Gasteiger partial charge in [-0.1, -0.05) is 163 Å². The molecule has 59 heavy (non-hydrogen) atoms. The molecule has 0 heterocycles. The van der Waals surface area contributed by atoms with Crippen LogP contribution in [-0.2, 0) is 32.7 Å². The van der Waals surface area contributed by atoms with E-state index in [0.717, 1.165) is 83.5 Å². The van der Waals surface area contributed by atoms with Crippen molar-refractivity contribution in [3.63, 3.8) is 0 Å². The summed E-state index contributed by atoms with van der Waals surface area (Å²) in [5.74, 6) is -0.877. The van der Waals surface area contributed by atoms with Gasteiger partial charge in [-0.3, -0.25) is 18.6 Å². The third kappa shape index (κ3) is 44.6. The Morgan fingerprint density at radius 1 is 0.525 bits per heavy atom. The minimum Gasteiger partial charge on any atom is -0.462 e. The lowest BCUT2D eigenvalue weighted by Crippen LogP contribution is -2.29. The highest BCUT2D eigenvalue weighted by molar-refractivity contribution is 7.47. The molecular weight excluding hydrogens is 762 g/mol. The zero-order chi connectivity index (χ0) is 43.2. The topological polar surface area (TPSA) is 134 Å². The Hall–Kier alpha value is -2.81. The molecular formula is C49H84NO8P. The Bertz CT molecular complexity index is 1240. The van der Waals surface area contributed by atoms with Crippen molar-refractivity contribution in [2.75, 3.05) is 26.4 Å². The smallest absolute Gasteiger partial charge is 0.462 e. The standard InChI is InChI=1S/C49H84NO8P/c1-3-5-7-9-11-13-15-17-19-21-23-25-27-29-31-33-35-37-39-41-48(51)55-45-47(46-57-59(53,54)56-44-43-50)58-49(52)42-40-38-36-34-32-30-28-26-24-22-20-18-16-14-12-10-8-6-4-2/h5,7,11-14,17-20,23,25,29,31,47H,3-4,6,8-10,15-16,21-22,24,26-28,30,32-46,50H2,1-2H3,(H,53,54)/t47-/m1/s1. The molecule has 0 aliphatic carbocycles. The quantitative estimate of drug-likeness (QED) is 0.0266. The largest absolute Gasteiger partial charge is 0.472 e. The van der Waals surface area contributed by atoms with E-state index >= 15 is 0 Å². The van der Waals surface area contributed by atoms with Gasteiger partial charge in [0.05, 0.1) is 13.2 Å². The number of rotatable bonds is 42. The molecule has 0 spiro atoms. The highest BCUT2D eigenvalue weighted by atomic mass is 31.2. The number of ether oxygens (including phenoxy) is 2. The molecule has 338 valence electrons. The summed E-state index contributed by atoms with van der Waals surface area (Å²) in [5.41, 5.74) is 5.35. The van der Waals surface area contributed by atoms with Gasteiger partial charge in [0.2, 0.25) is 0 Å². The summed E-state index contributed by atoms with van der Waals surface area (Å²) in [5, 5.41) is 0. The number of nitrogens with two attached hydrogens (primary N) is 1. The van der Waals surface area contributed by atoms with Crippen molar-refractivity contribution in [2.24, 2.45) is 5.73 Å². The van der Waals surface area contributed by atoms with Crippen molar-refractivity contribution in [3.8, 4) is 0 Å². The zero-order valence-corrected chi connectivity index (χ0v) is 38.1. The van der Waals surface area contributed by atoms with Crippen LogP contribution in [0.25, 0.3) is 0 Å². The Morgan fingerprint density at radius 2 is 0.932 bits per heavy atom. The van der Waals surface area contributed by atoms with Crippen LogP contribution >= 0.6 is 7.82 Å². The minimum atomic E-state index is -4.39. The van der Waals surface area contributed by atoms with Gasteiger partial charge in [0.15, 0.2) is 6.10 Å². The van der Waals surface area contributed by atoms with Crippen molar-refractivity contribution in [1.82, 2.24) is 0 Å². The second-order valence-electron chi connectivity index (χ2n) is 14.9. The summed E-state index contributed by atoms with van der Waals surface area (Å²) in [6.07, 6.45) is 56.1. The SMILES string of the molecule is CCC=CCC=CCC=CCC=CCC=CCCCCCC(=O)OC[C@H](COP(=O)(O)OCCN)OC(=O)CCCCCCCCCCCC=CCC=CCCCCC. The Labute approximate surface area is 360 Å². The van der Waals surface area contributed by atoms with E-state index in [1.165, 1.54) is 57.8 Å². The predicted octanol–water partition coefficient (Wildman–Crippen LogP) is 13.6. The Morgan fingerprint density at radius 3 is 1.41 bits per heavy atom. The van der Waals surface area contributed by atoms with Crippen molar-refractivity contribution < 1.29 is 37.6 Å². The lowest BCUT2D eigenvalue weighted by atomic mass is 10.1. The van der Waals surface area contributed by atoms with Gasteiger partial charge in [0.1, 0.15) is 6.61 Å². The molecule has 0 amide bonds. The number of carbonyl (C=O) groups excluding carboxylic acids is 2. The first-order valence-electron chi connectivity index (χ1n) is 23.1. The number of phosphoric ester groups is 1. The van der Waals surface area contributed by atoms with E-state index < -0.39 is 32.5 Å². The number of allylic oxidation sites excluding steroid dienone is 14. The van der Waals surface area contributed by atoms with Crippen LogP contribution in [0.1, 0.15) is 181 Å². The molecule has 10 heteroatoms. The molecule has 0 radical (unpaired) electrons. The lowest BCUT2D eigenvalue weighted by Gasteiger charge is -2.19. The normalized spacial score (nSPS) is 14.0. The van der Waals surface area contributed by atoms with E-state index in [2.05, 4.69) is 98.9 Å². The van der Waals surface area contributed by atoms with Crippen molar-refractivity contribution >= 4 is 19.8 Å². The highest BCUT2D eigenvalue weighted by Crippen LogP contribution is 2.43. The van der Waals surface area contributed by atoms with Crippen LogP contribution in [0.2, 0.25) is 0 Å². The third-order valence-electron chi connectivity index (χ3n) is 9.27. The van der Waals surface area contributed by atoms with Crippen molar-refractivity contribution in [3.05, 3.63) is 85.1 Å². The van der Waals surface area contributed by atoms with Gasteiger partial charge in [-0.25, -0.2) is 4.57 Å². The average Bonchev–Trinajstić information content (AvgIpc) is 3.22. The fourth-order valence-corrected chi connectivity index (χ4v) is 6.63. The molecule has 0 aliphatic rings. The van der Waals surface area contributed by atoms with Crippen molar-refractivity contribution in [2.45, 2.75) is 187 Å². The van der Waals surface area contributed by atoms with Gasteiger partial charge >= 0.3 is 19.8 Å². The summed E-state index contributed by atoms with van der Waals surface area (Å²) >= 11 is 0. The third-order valence-corrected chi connectivity index (χ3v) is 10.2. The molecule has 0 saturated heterocycles. The summed E-state index contributed by atoms with van der Waals surface area (Å²) in [4.78, 5) is 35.0. The fourth-order valence-electron chi connectivity index (χ4n) is 5.87. The lowest BCUT2D eigenvalue weighted by molar-refractivity contribution is -0.161. The maximum absolute atomic E-state index is 12.6. The molecule has 0 fully saturated rings. The minimum absolute atomic E-state index is 0.0435. The molecule has 9 nitrogen and oxygen atoms in total. The molecule has 0 saturated carbocycles. The second-order valence-corrected chi connectivity index (χ2v) is 16.3. The zero-order valence-electron chi connectivity index (χ0n) is 37.2. The summed E-state index contributed by atoms with van der Waals surface area (Å²) < 4.78 is 32.8. The maximum atomic E-state index is 12.6. The number of hydrogen-bond acceptors (Lipinski definition) is 8. The first-order chi connectivity index (χ1) is 28.8. The maximum Gasteiger partial charge on any atom is 0.472 e. The Balaban J connectivity index is 4.20. The number of carbonyl (C=O) groups is 2. The molecule has 0 aromatic rings. The molecule has 0 aromatic carbocycles. The first-order valence-corrected chi connectivity index (χ1v) is 24.6. The van der Waals surface area contributed by atoms with Crippen LogP contribution in [0.3, 0.4) is 0 Å².